The lowest BCUT2D eigenvalue weighted by molar-refractivity contribution is -0.297. The first-order valence-electron chi connectivity index (χ1n) is 8.44. The van der Waals surface area contributed by atoms with Gasteiger partial charge in [0, 0.05) is 0 Å². The highest BCUT2D eigenvalue weighted by atomic mass is 19.4. The number of hydrogen-bond donors (Lipinski definition) is 2. The number of aliphatic hydroxyl groups is 1. The van der Waals surface area contributed by atoms with E-state index in [2.05, 4.69) is 10.2 Å². The van der Waals surface area contributed by atoms with Crippen molar-refractivity contribution in [1.29, 1.82) is 0 Å². The lowest BCUT2D eigenvalue weighted by atomic mass is 10.0. The van der Waals surface area contributed by atoms with Gasteiger partial charge in [-0.15, -0.1) is 0 Å². The molecule has 0 aromatic heterocycles. The van der Waals surface area contributed by atoms with Gasteiger partial charge in [-0.3, -0.25) is 0 Å². The van der Waals surface area contributed by atoms with Gasteiger partial charge in [-0.2, -0.15) is 28.4 Å². The van der Waals surface area contributed by atoms with Crippen LogP contribution in [0, 0.1) is 0 Å². The topological polar surface area (TPSA) is 86.5 Å². The molecule has 0 saturated heterocycles. The number of alkyl halides is 3. The first-order valence-corrected chi connectivity index (χ1v) is 8.44. The highest BCUT2D eigenvalue weighted by molar-refractivity contribution is 6.03. The summed E-state index contributed by atoms with van der Waals surface area (Å²) in [5.74, 6) is 0.612. The molecule has 1 aliphatic heterocycles. The van der Waals surface area contributed by atoms with E-state index >= 15 is 0 Å². The van der Waals surface area contributed by atoms with Crippen LogP contribution in [-0.2, 0) is 0 Å². The maximum atomic E-state index is 13.5. The van der Waals surface area contributed by atoms with E-state index in [0.29, 0.717) is 16.9 Å². The number of halogens is 3. The second kappa shape index (κ2) is 7.92. The number of nitrogens with zero attached hydrogens (tertiary/aromatic N) is 3. The first-order chi connectivity index (χ1) is 13.7. The van der Waals surface area contributed by atoms with Gasteiger partial charge < -0.3 is 9.84 Å². The van der Waals surface area contributed by atoms with E-state index in [1.807, 2.05) is 5.43 Å². The molecule has 0 aliphatic carbocycles. The Hall–Kier alpha value is -3.40. The van der Waals surface area contributed by atoms with Crippen LogP contribution in [0.4, 0.5) is 18.0 Å². The van der Waals surface area contributed by atoms with Crippen LogP contribution in [0.15, 0.2) is 64.8 Å². The van der Waals surface area contributed by atoms with Crippen molar-refractivity contribution in [1.82, 2.24) is 10.4 Å². The van der Waals surface area contributed by atoms with Gasteiger partial charge in [0.25, 0.3) is 5.72 Å². The highest BCUT2D eigenvalue weighted by Crippen LogP contribution is 2.41. The number of ether oxygens (including phenoxy) is 1. The molecule has 1 heterocycles. The van der Waals surface area contributed by atoms with Crippen molar-refractivity contribution in [2.24, 2.45) is 10.2 Å². The molecular weight excluding hydrogens is 389 g/mol. The Morgan fingerprint density at radius 1 is 1.24 bits per heavy atom. The van der Waals surface area contributed by atoms with Crippen molar-refractivity contribution in [2.75, 3.05) is 7.11 Å². The minimum Gasteiger partial charge on any atom is -0.497 e. The molecule has 3 rings (SSSR count). The van der Waals surface area contributed by atoms with Gasteiger partial charge in [0.15, 0.2) is 0 Å². The van der Waals surface area contributed by atoms with Crippen LogP contribution >= 0.6 is 0 Å². The van der Waals surface area contributed by atoms with Crippen molar-refractivity contribution < 1.29 is 27.8 Å². The number of carbonyl (C=O) groups excluding carboxylic acids is 1. The zero-order chi connectivity index (χ0) is 21.1. The molecule has 2 aromatic carbocycles. The maximum absolute atomic E-state index is 13.5. The van der Waals surface area contributed by atoms with Crippen LogP contribution in [0.1, 0.15) is 17.5 Å². The number of hydrogen-bond acceptors (Lipinski definition) is 5. The summed E-state index contributed by atoms with van der Waals surface area (Å²) >= 11 is 0. The summed E-state index contributed by atoms with van der Waals surface area (Å²) in [5.41, 5.74) is -0.641. The van der Waals surface area contributed by atoms with Gasteiger partial charge in [0.05, 0.1) is 25.5 Å². The van der Waals surface area contributed by atoms with Crippen LogP contribution < -0.4 is 10.2 Å². The summed E-state index contributed by atoms with van der Waals surface area (Å²) in [6.07, 6.45) is -4.78. The third-order valence-corrected chi connectivity index (χ3v) is 4.23. The van der Waals surface area contributed by atoms with Crippen molar-refractivity contribution in [3.63, 3.8) is 0 Å². The van der Waals surface area contributed by atoms with Crippen LogP contribution in [0.25, 0.3) is 0 Å². The minimum absolute atomic E-state index is 0.0271. The molecule has 1 unspecified atom stereocenters. The summed E-state index contributed by atoms with van der Waals surface area (Å²) in [5, 5.41) is 17.5. The second-order valence-electron chi connectivity index (χ2n) is 6.16. The van der Waals surface area contributed by atoms with Crippen LogP contribution in [-0.4, -0.2) is 47.1 Å². The molecule has 7 nitrogen and oxygen atoms in total. The number of rotatable bonds is 4. The molecule has 1 atom stereocenters. The SMILES string of the molecule is COc1ccc(/C=N/NC(=O)N2N=C(c3ccccc3)CC2(O)C(F)(F)F)cc1. The van der Waals surface area contributed by atoms with E-state index in [9.17, 15) is 23.1 Å². The van der Waals surface area contributed by atoms with Crippen molar-refractivity contribution in [3.8, 4) is 5.75 Å². The molecule has 152 valence electrons. The van der Waals surface area contributed by atoms with E-state index in [0.717, 1.165) is 0 Å². The second-order valence-corrected chi connectivity index (χ2v) is 6.16. The van der Waals surface area contributed by atoms with Gasteiger partial charge in [-0.25, -0.2) is 10.2 Å². The Morgan fingerprint density at radius 3 is 2.48 bits per heavy atom. The zero-order valence-electron chi connectivity index (χ0n) is 15.2. The molecule has 2 amide bonds. The maximum Gasteiger partial charge on any atom is 0.438 e. The first kappa shape index (κ1) is 20.3. The smallest absolute Gasteiger partial charge is 0.438 e. The van der Waals surface area contributed by atoms with Crippen LogP contribution in [0.3, 0.4) is 0 Å². The fourth-order valence-electron chi connectivity index (χ4n) is 2.67. The zero-order valence-corrected chi connectivity index (χ0v) is 15.2. The summed E-state index contributed by atoms with van der Waals surface area (Å²) in [6.45, 7) is 0. The van der Waals surface area contributed by atoms with E-state index in [1.165, 1.54) is 13.3 Å². The van der Waals surface area contributed by atoms with Gasteiger partial charge in [-0.05, 0) is 35.4 Å². The Bertz CT molecular complexity index is 930. The van der Waals surface area contributed by atoms with Crippen LogP contribution in [0.2, 0.25) is 0 Å². The summed E-state index contributed by atoms with van der Waals surface area (Å²) in [4.78, 5) is 12.3. The van der Waals surface area contributed by atoms with Crippen molar-refractivity contribution >= 4 is 18.0 Å². The Kier molecular flexibility index (Phi) is 5.55. The highest BCUT2D eigenvalue weighted by Gasteiger charge is 2.63. The number of carbonyl (C=O) groups is 1. The number of hydrazone groups is 2. The quantitative estimate of drug-likeness (QED) is 0.604. The third-order valence-electron chi connectivity index (χ3n) is 4.23. The lowest BCUT2D eigenvalue weighted by Crippen LogP contribution is -2.58. The van der Waals surface area contributed by atoms with Gasteiger partial charge >= 0.3 is 12.2 Å². The van der Waals surface area contributed by atoms with E-state index in [4.69, 9.17) is 4.74 Å². The summed E-state index contributed by atoms with van der Waals surface area (Å²) in [6, 6.07) is 13.3. The molecule has 0 saturated carbocycles. The Morgan fingerprint density at radius 2 is 1.90 bits per heavy atom. The van der Waals surface area contributed by atoms with Gasteiger partial charge in [-0.1, -0.05) is 30.3 Å². The number of methoxy groups -OCH3 is 1. The van der Waals surface area contributed by atoms with E-state index < -0.39 is 24.4 Å². The molecular formula is C19H17F3N4O3. The number of benzene rings is 2. The largest absolute Gasteiger partial charge is 0.497 e. The fraction of sp³-hybridized carbons (Fsp3) is 0.211. The molecule has 0 bridgehead atoms. The molecule has 0 radical (unpaired) electrons. The molecule has 10 heteroatoms. The molecule has 2 aromatic rings. The summed E-state index contributed by atoms with van der Waals surface area (Å²) in [7, 11) is 1.51. The van der Waals surface area contributed by atoms with Gasteiger partial charge in [0.2, 0.25) is 0 Å². The Balaban J connectivity index is 1.79. The van der Waals surface area contributed by atoms with Crippen molar-refractivity contribution in [3.05, 3.63) is 65.7 Å². The Labute approximate surface area is 164 Å². The standard InChI is InChI=1S/C19H17F3N4O3/c1-29-15-9-7-13(8-10-15)12-23-24-17(27)26-18(28,19(20,21)22)11-16(25-26)14-5-3-2-4-6-14/h2-10,12,28H,11H2,1H3,(H,24,27)/b23-12+. The van der Waals surface area contributed by atoms with Gasteiger partial charge in [0.1, 0.15) is 5.75 Å². The van der Waals surface area contributed by atoms with E-state index in [-0.39, 0.29) is 10.7 Å². The molecule has 1 aliphatic rings. The van der Waals surface area contributed by atoms with Crippen LogP contribution in [0.5, 0.6) is 5.75 Å². The molecule has 0 fully saturated rings. The van der Waals surface area contributed by atoms with E-state index in [1.54, 1.807) is 54.6 Å². The normalized spacial score (nSPS) is 19.3. The molecule has 29 heavy (non-hydrogen) atoms. The van der Waals surface area contributed by atoms with Crippen molar-refractivity contribution in [2.45, 2.75) is 18.3 Å². The third kappa shape index (κ3) is 4.21. The molecule has 0 spiro atoms. The predicted octanol–water partition coefficient (Wildman–Crippen LogP) is 3.10. The number of urea groups is 1. The molecule has 2 N–H and O–H groups in total. The number of nitrogens with one attached hydrogen (secondary N) is 1. The average Bonchev–Trinajstić information content (AvgIpc) is 3.08. The lowest BCUT2D eigenvalue weighted by Gasteiger charge is -2.31. The predicted molar refractivity (Wildman–Crippen MR) is 99.6 cm³/mol. The number of amides is 2. The average molecular weight is 406 g/mol. The monoisotopic (exact) mass is 406 g/mol. The summed E-state index contributed by atoms with van der Waals surface area (Å²) < 4.78 is 45.5. The minimum atomic E-state index is -5.12. The fourth-order valence-corrected chi connectivity index (χ4v) is 2.67.